The predicted octanol–water partition coefficient (Wildman–Crippen LogP) is 6.31. The number of carbonyl (C=O) groups is 1. The van der Waals surface area contributed by atoms with Gasteiger partial charge >= 0.3 is 0 Å². The normalized spacial score (nSPS) is 15.0. The van der Waals surface area contributed by atoms with Gasteiger partial charge in [0.25, 0.3) is 11.6 Å². The standard InChI is InChI=1S/C26H19N3O3S2/c1-17-6-2-4-8-22(17)28-25(30)24(34-26(28)33)14-19-16-27(23-9-5-3-7-21(19)23)15-18-10-12-20(13-11-18)29(31)32/h2-14,16H,15H2,1H3. The minimum Gasteiger partial charge on any atom is -0.342 e. The second-order valence-electron chi connectivity index (χ2n) is 7.96. The zero-order chi connectivity index (χ0) is 23.8. The number of aryl methyl sites for hydroxylation is 1. The molecule has 1 aliphatic rings. The first-order valence-corrected chi connectivity index (χ1v) is 11.8. The Hall–Kier alpha value is -3.75. The molecule has 1 aliphatic heterocycles. The molecular formula is C26H19N3O3S2. The van der Waals surface area contributed by atoms with Gasteiger partial charge in [0.1, 0.15) is 0 Å². The largest absolute Gasteiger partial charge is 0.342 e. The number of hydrogen-bond acceptors (Lipinski definition) is 5. The van der Waals surface area contributed by atoms with Gasteiger partial charge in [0, 0.05) is 41.3 Å². The van der Waals surface area contributed by atoms with Crippen molar-refractivity contribution in [3.63, 3.8) is 0 Å². The molecule has 0 N–H and O–H groups in total. The zero-order valence-corrected chi connectivity index (χ0v) is 19.8. The molecule has 5 rings (SSSR count). The second-order valence-corrected chi connectivity index (χ2v) is 9.63. The average Bonchev–Trinajstić information content (AvgIpc) is 3.31. The van der Waals surface area contributed by atoms with Crippen LogP contribution >= 0.6 is 24.0 Å². The third kappa shape index (κ3) is 4.02. The third-order valence-corrected chi connectivity index (χ3v) is 7.06. The van der Waals surface area contributed by atoms with Gasteiger partial charge < -0.3 is 4.57 Å². The van der Waals surface area contributed by atoms with Gasteiger partial charge in [0.15, 0.2) is 4.32 Å². The number of para-hydroxylation sites is 2. The number of aromatic nitrogens is 1. The number of nitro benzene ring substituents is 1. The Morgan fingerprint density at radius 1 is 1.03 bits per heavy atom. The van der Waals surface area contributed by atoms with Gasteiger partial charge in [-0.2, -0.15) is 0 Å². The third-order valence-electron chi connectivity index (χ3n) is 5.76. The monoisotopic (exact) mass is 485 g/mol. The smallest absolute Gasteiger partial charge is 0.270 e. The highest BCUT2D eigenvalue weighted by atomic mass is 32.2. The highest BCUT2D eigenvalue weighted by molar-refractivity contribution is 8.27. The maximum absolute atomic E-state index is 13.3. The molecular weight excluding hydrogens is 466 g/mol. The summed E-state index contributed by atoms with van der Waals surface area (Å²) in [5, 5.41) is 12.0. The Morgan fingerprint density at radius 3 is 2.47 bits per heavy atom. The van der Waals surface area contributed by atoms with Crippen LogP contribution in [0.3, 0.4) is 0 Å². The maximum atomic E-state index is 13.3. The van der Waals surface area contributed by atoms with Gasteiger partial charge in [-0.3, -0.25) is 19.8 Å². The summed E-state index contributed by atoms with van der Waals surface area (Å²) >= 11 is 6.85. The summed E-state index contributed by atoms with van der Waals surface area (Å²) in [6, 6.07) is 22.2. The Bertz CT molecular complexity index is 1490. The Kier molecular flexibility index (Phi) is 5.77. The molecule has 0 spiro atoms. The molecule has 0 atom stereocenters. The van der Waals surface area contributed by atoms with E-state index in [1.54, 1.807) is 17.0 Å². The molecule has 0 aliphatic carbocycles. The van der Waals surface area contributed by atoms with Crippen LogP contribution in [-0.4, -0.2) is 19.7 Å². The number of fused-ring (bicyclic) bond motifs is 1. The number of non-ortho nitro benzene ring substituents is 1. The molecule has 1 fully saturated rings. The van der Waals surface area contributed by atoms with E-state index in [2.05, 4.69) is 4.57 Å². The van der Waals surface area contributed by atoms with Crippen molar-refractivity contribution in [2.75, 3.05) is 4.90 Å². The van der Waals surface area contributed by atoms with Crippen LogP contribution in [0.1, 0.15) is 16.7 Å². The van der Waals surface area contributed by atoms with Crippen LogP contribution in [0.15, 0.2) is 83.9 Å². The predicted molar refractivity (Wildman–Crippen MR) is 141 cm³/mol. The molecule has 1 saturated heterocycles. The van der Waals surface area contributed by atoms with E-state index in [1.807, 2.05) is 67.7 Å². The van der Waals surface area contributed by atoms with Crippen molar-refractivity contribution >= 4 is 62.6 Å². The molecule has 3 aromatic carbocycles. The van der Waals surface area contributed by atoms with Crippen molar-refractivity contribution in [3.8, 4) is 0 Å². The second kappa shape index (κ2) is 8.89. The zero-order valence-electron chi connectivity index (χ0n) is 18.2. The van der Waals surface area contributed by atoms with E-state index in [1.165, 1.54) is 23.9 Å². The fourth-order valence-electron chi connectivity index (χ4n) is 4.07. The number of nitro groups is 1. The summed E-state index contributed by atoms with van der Waals surface area (Å²) in [5.41, 5.74) is 4.74. The quantitative estimate of drug-likeness (QED) is 0.143. The van der Waals surface area contributed by atoms with Gasteiger partial charge in [-0.25, -0.2) is 0 Å². The topological polar surface area (TPSA) is 68.4 Å². The minimum absolute atomic E-state index is 0.0671. The fraction of sp³-hybridized carbons (Fsp3) is 0.0769. The van der Waals surface area contributed by atoms with Crippen molar-refractivity contribution in [3.05, 3.63) is 111 Å². The van der Waals surface area contributed by atoms with Crippen molar-refractivity contribution in [1.82, 2.24) is 4.57 Å². The van der Waals surface area contributed by atoms with Crippen LogP contribution in [0.2, 0.25) is 0 Å². The van der Waals surface area contributed by atoms with E-state index in [4.69, 9.17) is 12.2 Å². The molecule has 8 heteroatoms. The Balaban J connectivity index is 1.50. The van der Waals surface area contributed by atoms with E-state index in [-0.39, 0.29) is 11.6 Å². The summed E-state index contributed by atoms with van der Waals surface area (Å²) in [6.07, 6.45) is 3.90. The first kappa shape index (κ1) is 22.1. The molecule has 0 unspecified atom stereocenters. The van der Waals surface area contributed by atoms with Crippen LogP contribution in [-0.2, 0) is 11.3 Å². The molecule has 2 heterocycles. The lowest BCUT2D eigenvalue weighted by Crippen LogP contribution is -2.28. The number of thiocarbonyl (C=S) groups is 1. The summed E-state index contributed by atoms with van der Waals surface area (Å²) in [4.78, 5) is 26.0. The van der Waals surface area contributed by atoms with Crippen LogP contribution < -0.4 is 4.90 Å². The van der Waals surface area contributed by atoms with Gasteiger partial charge in [-0.1, -0.05) is 72.5 Å². The van der Waals surface area contributed by atoms with E-state index < -0.39 is 4.92 Å². The van der Waals surface area contributed by atoms with Crippen molar-refractivity contribution in [2.45, 2.75) is 13.5 Å². The van der Waals surface area contributed by atoms with E-state index in [0.29, 0.717) is 15.8 Å². The first-order valence-electron chi connectivity index (χ1n) is 10.6. The minimum atomic E-state index is -0.403. The molecule has 6 nitrogen and oxygen atoms in total. The van der Waals surface area contributed by atoms with E-state index in [0.717, 1.165) is 33.3 Å². The lowest BCUT2D eigenvalue weighted by atomic mass is 10.1. The van der Waals surface area contributed by atoms with E-state index in [9.17, 15) is 14.9 Å². The van der Waals surface area contributed by atoms with E-state index >= 15 is 0 Å². The van der Waals surface area contributed by atoms with Gasteiger partial charge in [0.2, 0.25) is 0 Å². The van der Waals surface area contributed by atoms with Crippen LogP contribution in [0.25, 0.3) is 17.0 Å². The highest BCUT2D eigenvalue weighted by Gasteiger charge is 2.34. The summed E-state index contributed by atoms with van der Waals surface area (Å²) < 4.78 is 2.60. The summed E-state index contributed by atoms with van der Waals surface area (Å²) in [7, 11) is 0. The van der Waals surface area contributed by atoms with Gasteiger partial charge in [-0.15, -0.1) is 0 Å². The van der Waals surface area contributed by atoms with Crippen molar-refractivity contribution < 1.29 is 9.72 Å². The first-order chi connectivity index (χ1) is 16.4. The summed E-state index contributed by atoms with van der Waals surface area (Å²) in [6.45, 7) is 2.51. The molecule has 0 bridgehead atoms. The number of anilines is 1. The van der Waals surface area contributed by atoms with Crippen LogP contribution in [0.4, 0.5) is 11.4 Å². The molecule has 0 radical (unpaired) electrons. The number of hydrogen-bond donors (Lipinski definition) is 0. The van der Waals surface area contributed by atoms with Crippen molar-refractivity contribution in [1.29, 1.82) is 0 Å². The average molecular weight is 486 g/mol. The Labute approximate surface area is 205 Å². The molecule has 0 saturated carbocycles. The SMILES string of the molecule is Cc1ccccc1N1C(=O)C(=Cc2cn(Cc3ccc([N+](=O)[O-])cc3)c3ccccc23)SC1=S. The molecule has 4 aromatic rings. The lowest BCUT2D eigenvalue weighted by Gasteiger charge is -2.16. The lowest BCUT2D eigenvalue weighted by molar-refractivity contribution is -0.384. The van der Waals surface area contributed by atoms with Crippen LogP contribution in [0, 0.1) is 17.0 Å². The van der Waals surface area contributed by atoms with Gasteiger partial charge in [-0.05, 0) is 36.3 Å². The number of thioether (sulfide) groups is 1. The number of amides is 1. The summed E-state index contributed by atoms with van der Waals surface area (Å²) in [5.74, 6) is -0.128. The number of rotatable bonds is 5. The highest BCUT2D eigenvalue weighted by Crippen LogP contribution is 2.38. The number of benzene rings is 3. The van der Waals surface area contributed by atoms with Crippen LogP contribution in [0.5, 0.6) is 0 Å². The maximum Gasteiger partial charge on any atom is 0.270 e. The van der Waals surface area contributed by atoms with Gasteiger partial charge in [0.05, 0.1) is 15.5 Å². The molecule has 1 amide bonds. The molecule has 1 aromatic heterocycles. The fourth-order valence-corrected chi connectivity index (χ4v) is 5.35. The number of nitrogens with zero attached hydrogens (tertiary/aromatic N) is 3. The van der Waals surface area contributed by atoms with Crippen molar-refractivity contribution in [2.24, 2.45) is 0 Å². The number of carbonyl (C=O) groups excluding carboxylic acids is 1. The Morgan fingerprint density at radius 2 is 1.74 bits per heavy atom. The molecule has 34 heavy (non-hydrogen) atoms. The molecule has 168 valence electrons.